The molecule has 0 N–H and O–H groups in total. The van der Waals surface area contributed by atoms with E-state index >= 15 is 4.39 Å². The maximum Gasteiger partial charge on any atom is 0.165 e. The van der Waals surface area contributed by atoms with Crippen LogP contribution in [-0.2, 0) is 20.1 Å². The van der Waals surface area contributed by atoms with Crippen LogP contribution in [0.2, 0.25) is 19.6 Å². The largest absolute Gasteiger partial charge is 0.497 e. The van der Waals surface area contributed by atoms with Gasteiger partial charge >= 0.3 is 0 Å². The molecule has 4 nitrogen and oxygen atoms in total. The van der Waals surface area contributed by atoms with Gasteiger partial charge in [0.1, 0.15) is 0 Å². The Labute approximate surface area is 395 Å². The summed E-state index contributed by atoms with van der Waals surface area (Å²) in [5.41, 5.74) is 10.3. The van der Waals surface area contributed by atoms with Crippen LogP contribution in [0.15, 0.2) is 193 Å². The molecule has 0 fully saturated rings. The van der Waals surface area contributed by atoms with E-state index in [-0.39, 0.29) is 25.7 Å². The number of aromatic nitrogens is 3. The molecule has 1 radical (unpaired) electrons. The molecule has 0 atom stereocenters. The topological polar surface area (TPSA) is 43.9 Å². The minimum absolute atomic E-state index is 0. The molecule has 4 heterocycles. The van der Waals surface area contributed by atoms with E-state index in [1.54, 1.807) is 17.4 Å². The summed E-state index contributed by atoms with van der Waals surface area (Å²) >= 11 is 1.80. The minimum atomic E-state index is -1.23. The molecule has 65 heavy (non-hydrogen) atoms. The molecule has 4 aromatic heterocycles. The maximum absolute atomic E-state index is 15.8. The van der Waals surface area contributed by atoms with Crippen LogP contribution in [0.5, 0.6) is 0 Å². The Morgan fingerprint density at radius 3 is 2.11 bits per heavy atom. The smallest absolute Gasteiger partial charge is 0.165 e. The van der Waals surface area contributed by atoms with Gasteiger partial charge in [0.25, 0.3) is 0 Å². The van der Waals surface area contributed by atoms with Crippen molar-refractivity contribution in [3.05, 3.63) is 206 Å². The maximum atomic E-state index is 15.8. The first-order chi connectivity index (χ1) is 31.3. The predicted molar refractivity (Wildman–Crippen MR) is 268 cm³/mol. The molecular formula is C57H40FIrN3OSSi-2. The van der Waals surface area contributed by atoms with Gasteiger partial charge in [0.05, 0.1) is 30.5 Å². The molecule has 0 aliphatic rings. The first-order valence-electron chi connectivity index (χ1n) is 21.3. The van der Waals surface area contributed by atoms with Crippen molar-refractivity contribution in [2.45, 2.75) is 19.6 Å². The van der Waals surface area contributed by atoms with Crippen molar-refractivity contribution >= 4 is 77.7 Å². The van der Waals surface area contributed by atoms with Crippen molar-refractivity contribution in [3.63, 3.8) is 0 Å². The third-order valence-electron chi connectivity index (χ3n) is 11.8. The zero-order valence-corrected chi connectivity index (χ0v) is 40.0. The number of thiophene rings is 1. The molecule has 8 heteroatoms. The van der Waals surface area contributed by atoms with Crippen molar-refractivity contribution in [2.75, 3.05) is 0 Å². The molecule has 0 unspecified atom stereocenters. The second-order valence-electron chi connectivity index (χ2n) is 16.9. The van der Waals surface area contributed by atoms with E-state index in [1.807, 2.05) is 103 Å². The van der Waals surface area contributed by atoms with Gasteiger partial charge in [-0.25, -0.2) is 4.39 Å². The van der Waals surface area contributed by atoms with E-state index in [2.05, 4.69) is 120 Å². The number of benzene rings is 8. The number of rotatable bonds is 6. The number of pyridine rings is 1. The quantitative estimate of drug-likeness (QED) is 0.123. The number of hydrogen-bond donors (Lipinski definition) is 0. The van der Waals surface area contributed by atoms with E-state index in [4.69, 9.17) is 9.40 Å². The summed E-state index contributed by atoms with van der Waals surface area (Å²) in [6, 6.07) is 67.9. The molecule has 0 bridgehead atoms. The van der Waals surface area contributed by atoms with Crippen molar-refractivity contribution in [1.29, 1.82) is 0 Å². The van der Waals surface area contributed by atoms with Crippen molar-refractivity contribution in [2.24, 2.45) is 0 Å². The van der Waals surface area contributed by atoms with Gasteiger partial charge in [-0.3, -0.25) is 4.98 Å². The summed E-state index contributed by atoms with van der Waals surface area (Å²) in [5.74, 6) is 0.281. The van der Waals surface area contributed by atoms with Crippen LogP contribution in [0.4, 0.5) is 4.39 Å². The monoisotopic (exact) mass is 1050 g/mol. The van der Waals surface area contributed by atoms with E-state index in [0.717, 1.165) is 61.0 Å². The number of nitrogens with zero attached hydrogens (tertiary/aromatic N) is 3. The van der Waals surface area contributed by atoms with Crippen LogP contribution in [0, 0.1) is 17.9 Å². The average molecular weight is 1050 g/mol. The SMILES string of the molecule is C[Si](C)(C)c1ccc(-c2[c-]cccc2)nc1.Fc1cc(-c2ccccc2)cc2c1oc1c(-c3nc4ccccc4n3-c3ccc4sc5ccccc5c4c3-c3ccccc3)[c-]ccc12.[Ir]. The molecule has 0 amide bonds. The van der Waals surface area contributed by atoms with Crippen LogP contribution in [0.1, 0.15) is 0 Å². The third kappa shape index (κ3) is 7.72. The number of furan rings is 1. The first kappa shape index (κ1) is 42.2. The third-order valence-corrected chi connectivity index (χ3v) is 15.0. The molecule has 0 aliphatic carbocycles. The van der Waals surface area contributed by atoms with Gasteiger partial charge < -0.3 is 14.0 Å². The molecule has 0 saturated heterocycles. The summed E-state index contributed by atoms with van der Waals surface area (Å²) in [6.45, 7) is 7.00. The van der Waals surface area contributed by atoms with Gasteiger partial charge in [-0.15, -0.1) is 65.4 Å². The van der Waals surface area contributed by atoms with Gasteiger partial charge in [-0.1, -0.05) is 134 Å². The normalized spacial score (nSPS) is 11.6. The van der Waals surface area contributed by atoms with Crippen molar-refractivity contribution < 1.29 is 28.9 Å². The van der Waals surface area contributed by atoms with Crippen LogP contribution in [0.25, 0.3) is 104 Å². The zero-order valence-electron chi connectivity index (χ0n) is 35.8. The second kappa shape index (κ2) is 17.3. The Kier molecular flexibility index (Phi) is 11.2. The van der Waals surface area contributed by atoms with Crippen LogP contribution in [-0.4, -0.2) is 22.6 Å². The summed E-state index contributed by atoms with van der Waals surface area (Å²) in [4.78, 5) is 9.73. The molecule has 12 rings (SSSR count). The number of fused-ring (bicyclic) bond motifs is 7. The van der Waals surface area contributed by atoms with Gasteiger partial charge in [-0.05, 0) is 70.0 Å². The summed E-state index contributed by atoms with van der Waals surface area (Å²) in [5, 5.41) is 5.37. The van der Waals surface area contributed by atoms with Gasteiger partial charge in [0.2, 0.25) is 0 Å². The number of para-hydroxylation sites is 2. The zero-order chi connectivity index (χ0) is 43.4. The molecular weight excluding hydrogens is 1010 g/mol. The van der Waals surface area contributed by atoms with Crippen LogP contribution in [0.3, 0.4) is 0 Å². The molecule has 0 spiro atoms. The Morgan fingerprint density at radius 1 is 0.615 bits per heavy atom. The fraction of sp³-hybridized carbons (Fsp3) is 0.0526. The molecule has 317 valence electrons. The van der Waals surface area contributed by atoms with Crippen molar-refractivity contribution in [1.82, 2.24) is 14.5 Å². The van der Waals surface area contributed by atoms with Crippen LogP contribution < -0.4 is 5.19 Å². The van der Waals surface area contributed by atoms with E-state index < -0.39 is 13.9 Å². The van der Waals surface area contributed by atoms with E-state index in [9.17, 15) is 0 Å². The minimum Gasteiger partial charge on any atom is -0.497 e. The Balaban J connectivity index is 0.000000249. The molecule has 8 aromatic carbocycles. The predicted octanol–water partition coefficient (Wildman–Crippen LogP) is 15.3. The van der Waals surface area contributed by atoms with Crippen LogP contribution >= 0.6 is 11.3 Å². The molecule has 0 saturated carbocycles. The van der Waals surface area contributed by atoms with E-state index in [0.29, 0.717) is 17.0 Å². The molecule has 12 aromatic rings. The Bertz CT molecular complexity index is 3660. The fourth-order valence-corrected chi connectivity index (χ4v) is 10.8. The van der Waals surface area contributed by atoms with Gasteiger partial charge in [-0.2, -0.15) is 0 Å². The van der Waals surface area contributed by atoms with Gasteiger partial charge in [0.15, 0.2) is 11.4 Å². The summed E-state index contributed by atoms with van der Waals surface area (Å²) in [7, 11) is -1.23. The summed E-state index contributed by atoms with van der Waals surface area (Å²) in [6.07, 6.45) is 2.02. The fourth-order valence-electron chi connectivity index (χ4n) is 8.64. The first-order valence-corrected chi connectivity index (χ1v) is 25.7. The Hall–Kier alpha value is -6.80. The van der Waals surface area contributed by atoms with Crippen molar-refractivity contribution in [3.8, 4) is 50.6 Å². The number of imidazole rings is 1. The standard InChI is InChI=1S/C43H24FN2OS.C14H16NSi.Ir/c44-33-25-28(26-12-3-1-4-13-26)24-32-29-17-11-18-31(41(29)47-42(32)33)43-45-34-19-8-9-20-35(34)46(43)36-22-23-38-40(30-16-7-10-21-37(30)48-38)39(36)27-14-5-2-6-15-27;1-16(2,3)13-9-10-14(15-11-13)12-7-5-4-6-8-12;/h1-17,19-25H;4-7,9-11H,1-3H3;/q2*-1;. The van der Waals surface area contributed by atoms with Gasteiger partial charge in [0, 0.05) is 63.1 Å². The van der Waals surface area contributed by atoms with E-state index in [1.165, 1.54) is 25.4 Å². The second-order valence-corrected chi connectivity index (χ2v) is 23.1. The average Bonchev–Trinajstić information content (AvgIpc) is 4.04. The number of halogens is 1. The molecule has 0 aliphatic heterocycles. The summed E-state index contributed by atoms with van der Waals surface area (Å²) < 4.78 is 26.9. The Morgan fingerprint density at radius 2 is 1.35 bits per heavy atom. The number of hydrogen-bond acceptors (Lipinski definition) is 4.